The molecule has 3 rings (SSSR count). The topological polar surface area (TPSA) is 64.4 Å². The molecule has 0 spiro atoms. The van der Waals surface area contributed by atoms with Gasteiger partial charge in [-0.15, -0.1) is 0 Å². The minimum Gasteiger partial charge on any atom is -0.372 e. The first-order chi connectivity index (χ1) is 10.5. The Labute approximate surface area is 130 Å². The summed E-state index contributed by atoms with van der Waals surface area (Å²) in [6.45, 7) is 5.11. The standard InChI is InChI=1S/C16H23N3O3/c1-11-7-18(8-12(2)22-11)16(21)9-19-10-17-14(6-15(19)20)13-4-3-5-13/h6,10-13H,3-5,7-9H2,1-2H3/t11-,12+. The van der Waals surface area contributed by atoms with Crippen molar-refractivity contribution in [1.29, 1.82) is 0 Å². The molecule has 1 amide bonds. The highest BCUT2D eigenvalue weighted by Gasteiger charge is 2.26. The lowest BCUT2D eigenvalue weighted by Gasteiger charge is -2.35. The first-order valence-electron chi connectivity index (χ1n) is 8.02. The molecule has 0 aromatic carbocycles. The number of amides is 1. The Morgan fingerprint density at radius 3 is 2.55 bits per heavy atom. The van der Waals surface area contributed by atoms with Crippen molar-refractivity contribution in [2.75, 3.05) is 13.1 Å². The first kappa shape index (κ1) is 15.2. The van der Waals surface area contributed by atoms with E-state index in [0.29, 0.717) is 19.0 Å². The fourth-order valence-electron chi connectivity index (χ4n) is 3.11. The Morgan fingerprint density at radius 1 is 1.32 bits per heavy atom. The van der Waals surface area contributed by atoms with Crippen LogP contribution >= 0.6 is 0 Å². The number of carbonyl (C=O) groups excluding carboxylic acids is 1. The van der Waals surface area contributed by atoms with Gasteiger partial charge in [0.1, 0.15) is 6.54 Å². The van der Waals surface area contributed by atoms with Gasteiger partial charge in [0, 0.05) is 25.1 Å². The fourth-order valence-corrected chi connectivity index (χ4v) is 3.11. The molecule has 1 aromatic rings. The molecule has 2 aliphatic rings. The van der Waals surface area contributed by atoms with Crippen molar-refractivity contribution in [2.45, 2.75) is 57.8 Å². The second kappa shape index (κ2) is 6.20. The number of morpholine rings is 1. The molecule has 2 heterocycles. The second-order valence-electron chi connectivity index (χ2n) is 6.46. The van der Waals surface area contributed by atoms with E-state index >= 15 is 0 Å². The molecule has 1 saturated heterocycles. The van der Waals surface area contributed by atoms with Crippen molar-refractivity contribution >= 4 is 5.91 Å². The highest BCUT2D eigenvalue weighted by atomic mass is 16.5. The third kappa shape index (κ3) is 3.21. The number of carbonyl (C=O) groups is 1. The van der Waals surface area contributed by atoms with Gasteiger partial charge in [0.25, 0.3) is 5.56 Å². The number of ether oxygens (including phenoxy) is 1. The molecule has 120 valence electrons. The third-order valence-electron chi connectivity index (χ3n) is 4.50. The zero-order valence-corrected chi connectivity index (χ0v) is 13.2. The molecule has 6 heteroatoms. The van der Waals surface area contributed by atoms with Crippen molar-refractivity contribution in [3.05, 3.63) is 28.4 Å². The highest BCUT2D eigenvalue weighted by molar-refractivity contribution is 5.76. The summed E-state index contributed by atoms with van der Waals surface area (Å²) in [5, 5.41) is 0. The van der Waals surface area contributed by atoms with Crippen molar-refractivity contribution in [1.82, 2.24) is 14.5 Å². The van der Waals surface area contributed by atoms with Crippen LogP contribution < -0.4 is 5.56 Å². The molecule has 22 heavy (non-hydrogen) atoms. The number of aromatic nitrogens is 2. The summed E-state index contributed by atoms with van der Waals surface area (Å²) in [7, 11) is 0. The maximum absolute atomic E-state index is 12.4. The monoisotopic (exact) mass is 305 g/mol. The van der Waals surface area contributed by atoms with Crippen LogP contribution in [-0.4, -0.2) is 45.7 Å². The number of hydrogen-bond donors (Lipinski definition) is 0. The molecule has 0 N–H and O–H groups in total. The molecular weight excluding hydrogens is 282 g/mol. The van der Waals surface area contributed by atoms with Crippen LogP contribution in [0.2, 0.25) is 0 Å². The van der Waals surface area contributed by atoms with Gasteiger partial charge in [0.15, 0.2) is 0 Å². The molecule has 1 aromatic heterocycles. The van der Waals surface area contributed by atoms with Crippen LogP contribution in [0.5, 0.6) is 0 Å². The molecule has 6 nitrogen and oxygen atoms in total. The van der Waals surface area contributed by atoms with E-state index in [0.717, 1.165) is 18.5 Å². The summed E-state index contributed by atoms with van der Waals surface area (Å²) in [5.41, 5.74) is 0.730. The normalized spacial score (nSPS) is 25.8. The van der Waals surface area contributed by atoms with E-state index in [1.54, 1.807) is 11.0 Å². The van der Waals surface area contributed by atoms with Gasteiger partial charge >= 0.3 is 0 Å². The van der Waals surface area contributed by atoms with Crippen molar-refractivity contribution in [3.8, 4) is 0 Å². The maximum atomic E-state index is 12.4. The Hall–Kier alpha value is -1.69. The average Bonchev–Trinajstić information content (AvgIpc) is 2.38. The minimum atomic E-state index is -0.139. The molecule has 0 bridgehead atoms. The molecule has 1 aliphatic carbocycles. The zero-order valence-electron chi connectivity index (χ0n) is 13.2. The van der Waals surface area contributed by atoms with E-state index in [4.69, 9.17) is 4.74 Å². The quantitative estimate of drug-likeness (QED) is 0.840. The van der Waals surface area contributed by atoms with Gasteiger partial charge in [-0.2, -0.15) is 0 Å². The Morgan fingerprint density at radius 2 is 2.00 bits per heavy atom. The highest BCUT2D eigenvalue weighted by Crippen LogP contribution is 2.34. The molecule has 0 unspecified atom stereocenters. The number of hydrogen-bond acceptors (Lipinski definition) is 4. The van der Waals surface area contributed by atoms with Crippen molar-refractivity contribution in [2.24, 2.45) is 0 Å². The lowest BCUT2D eigenvalue weighted by atomic mass is 9.83. The van der Waals surface area contributed by atoms with Gasteiger partial charge in [-0.1, -0.05) is 6.42 Å². The lowest BCUT2D eigenvalue weighted by molar-refractivity contribution is -0.143. The SMILES string of the molecule is C[C@@H]1CN(C(=O)Cn2cnc(C3CCC3)cc2=O)C[C@H](C)O1. The summed E-state index contributed by atoms with van der Waals surface area (Å²) < 4.78 is 7.02. The summed E-state index contributed by atoms with van der Waals surface area (Å²) in [4.78, 5) is 30.7. The van der Waals surface area contributed by atoms with Gasteiger partial charge in [-0.25, -0.2) is 4.98 Å². The van der Waals surface area contributed by atoms with Gasteiger partial charge in [-0.3, -0.25) is 14.2 Å². The molecule has 1 saturated carbocycles. The molecular formula is C16H23N3O3. The fraction of sp³-hybridized carbons (Fsp3) is 0.688. The third-order valence-corrected chi connectivity index (χ3v) is 4.50. The van der Waals surface area contributed by atoms with Crippen LogP contribution in [0.4, 0.5) is 0 Å². The van der Waals surface area contributed by atoms with E-state index in [9.17, 15) is 9.59 Å². The van der Waals surface area contributed by atoms with E-state index in [1.807, 2.05) is 13.8 Å². The van der Waals surface area contributed by atoms with E-state index < -0.39 is 0 Å². The first-order valence-corrected chi connectivity index (χ1v) is 8.02. The summed E-state index contributed by atoms with van der Waals surface area (Å²) in [6.07, 6.45) is 5.01. The predicted molar refractivity (Wildman–Crippen MR) is 81.7 cm³/mol. The zero-order chi connectivity index (χ0) is 15.7. The summed E-state index contributed by atoms with van der Waals surface area (Å²) in [6, 6.07) is 1.58. The van der Waals surface area contributed by atoms with Gasteiger partial charge in [0.05, 0.1) is 24.2 Å². The Bertz CT molecular complexity index is 599. The largest absolute Gasteiger partial charge is 0.372 e. The Balaban J connectivity index is 1.67. The molecule has 2 fully saturated rings. The van der Waals surface area contributed by atoms with E-state index in [2.05, 4.69) is 4.98 Å². The maximum Gasteiger partial charge on any atom is 0.254 e. The number of nitrogens with zero attached hydrogens (tertiary/aromatic N) is 3. The summed E-state index contributed by atoms with van der Waals surface area (Å²) >= 11 is 0. The minimum absolute atomic E-state index is 0.0311. The van der Waals surface area contributed by atoms with E-state index in [1.165, 1.54) is 17.3 Å². The predicted octanol–water partition coefficient (Wildman–Crippen LogP) is 1.15. The van der Waals surface area contributed by atoms with Gasteiger partial charge in [0.2, 0.25) is 5.91 Å². The van der Waals surface area contributed by atoms with Crippen molar-refractivity contribution in [3.63, 3.8) is 0 Å². The summed E-state index contributed by atoms with van der Waals surface area (Å²) in [5.74, 6) is 0.376. The molecule has 0 radical (unpaired) electrons. The van der Waals surface area contributed by atoms with Crippen LogP contribution in [-0.2, 0) is 16.1 Å². The second-order valence-corrected chi connectivity index (χ2v) is 6.46. The van der Waals surface area contributed by atoms with Crippen LogP contribution in [0, 0.1) is 0 Å². The van der Waals surface area contributed by atoms with Gasteiger partial charge < -0.3 is 9.64 Å². The van der Waals surface area contributed by atoms with Crippen molar-refractivity contribution < 1.29 is 9.53 Å². The van der Waals surface area contributed by atoms with Crippen LogP contribution in [0.15, 0.2) is 17.2 Å². The van der Waals surface area contributed by atoms with Crippen LogP contribution in [0.25, 0.3) is 0 Å². The molecule has 2 atom stereocenters. The van der Waals surface area contributed by atoms with Crippen LogP contribution in [0.3, 0.4) is 0 Å². The lowest BCUT2D eigenvalue weighted by Crippen LogP contribution is -2.49. The molecule has 1 aliphatic heterocycles. The van der Waals surface area contributed by atoms with Gasteiger partial charge in [-0.05, 0) is 26.7 Å². The Kier molecular flexibility index (Phi) is 4.29. The number of rotatable bonds is 3. The van der Waals surface area contributed by atoms with E-state index in [-0.39, 0.29) is 30.2 Å². The average molecular weight is 305 g/mol. The van der Waals surface area contributed by atoms with Crippen LogP contribution in [0.1, 0.15) is 44.7 Å². The smallest absolute Gasteiger partial charge is 0.254 e.